The molecular formula is C20H21NO3. The van der Waals surface area contributed by atoms with E-state index < -0.39 is 0 Å². The van der Waals surface area contributed by atoms with E-state index in [0.717, 1.165) is 48.8 Å². The van der Waals surface area contributed by atoms with Gasteiger partial charge in [-0.15, -0.1) is 0 Å². The first-order valence-corrected chi connectivity index (χ1v) is 8.60. The first-order chi connectivity index (χ1) is 11.7. The fraction of sp³-hybridized carbons (Fsp3) is 0.350. The van der Waals surface area contributed by atoms with E-state index in [9.17, 15) is 15.0 Å². The molecule has 1 heterocycles. The van der Waals surface area contributed by atoms with Crippen LogP contribution in [-0.2, 0) is 17.6 Å². The van der Waals surface area contributed by atoms with Crippen molar-refractivity contribution in [3.63, 3.8) is 0 Å². The number of nitrogens with zero attached hydrogens (tertiary/aromatic N) is 1. The number of hydrogen-bond acceptors (Lipinski definition) is 3. The van der Waals surface area contributed by atoms with Crippen molar-refractivity contribution < 1.29 is 15.0 Å². The quantitative estimate of drug-likeness (QED) is 0.844. The number of phenols is 2. The van der Waals surface area contributed by atoms with Gasteiger partial charge in [0.1, 0.15) is 11.5 Å². The lowest BCUT2D eigenvalue weighted by atomic mass is 9.81. The van der Waals surface area contributed by atoms with Gasteiger partial charge in [-0.2, -0.15) is 0 Å². The number of phenolic OH excluding ortho intramolecular Hbond substituents is 2. The molecule has 1 amide bonds. The molecule has 4 nitrogen and oxygen atoms in total. The zero-order valence-electron chi connectivity index (χ0n) is 13.5. The van der Waals surface area contributed by atoms with Gasteiger partial charge in [-0.25, -0.2) is 0 Å². The number of hydrogen-bond donors (Lipinski definition) is 2. The Bertz CT molecular complexity index is 799. The molecule has 2 aromatic rings. The highest BCUT2D eigenvalue weighted by atomic mass is 16.3. The summed E-state index contributed by atoms with van der Waals surface area (Å²) in [5.74, 6) is 0.245. The van der Waals surface area contributed by atoms with Crippen LogP contribution in [0.1, 0.15) is 41.9 Å². The maximum Gasteiger partial charge on any atom is 0.234 e. The summed E-state index contributed by atoms with van der Waals surface area (Å²) >= 11 is 0. The molecule has 2 aromatic carbocycles. The maximum absolute atomic E-state index is 13.3. The Labute approximate surface area is 141 Å². The van der Waals surface area contributed by atoms with E-state index in [4.69, 9.17) is 0 Å². The number of aryl methyl sites for hydroxylation is 1. The smallest absolute Gasteiger partial charge is 0.234 e. The summed E-state index contributed by atoms with van der Waals surface area (Å²) in [7, 11) is 0. The molecule has 1 aliphatic heterocycles. The zero-order valence-corrected chi connectivity index (χ0v) is 13.5. The van der Waals surface area contributed by atoms with Crippen molar-refractivity contribution in [2.75, 3.05) is 11.4 Å². The molecule has 0 fully saturated rings. The minimum absolute atomic E-state index is 0.0315. The first kappa shape index (κ1) is 15.1. The summed E-state index contributed by atoms with van der Waals surface area (Å²) in [6, 6.07) is 10.9. The molecule has 24 heavy (non-hydrogen) atoms. The molecule has 2 aliphatic rings. The second-order valence-electron chi connectivity index (χ2n) is 6.67. The molecule has 0 bridgehead atoms. The molecule has 1 aliphatic carbocycles. The van der Waals surface area contributed by atoms with Gasteiger partial charge < -0.3 is 15.1 Å². The van der Waals surface area contributed by atoms with Gasteiger partial charge in [0.05, 0.1) is 11.6 Å². The Balaban J connectivity index is 1.74. The third kappa shape index (κ3) is 2.33. The molecule has 0 saturated heterocycles. The molecule has 124 valence electrons. The highest BCUT2D eigenvalue weighted by molar-refractivity contribution is 6.00. The average Bonchev–Trinajstić information content (AvgIpc) is 2.61. The van der Waals surface area contributed by atoms with E-state index >= 15 is 0 Å². The minimum atomic E-state index is -0.244. The summed E-state index contributed by atoms with van der Waals surface area (Å²) < 4.78 is 0. The number of rotatable bonds is 1. The van der Waals surface area contributed by atoms with Gasteiger partial charge in [0.15, 0.2) is 0 Å². The van der Waals surface area contributed by atoms with Crippen LogP contribution in [0.25, 0.3) is 0 Å². The fourth-order valence-corrected chi connectivity index (χ4v) is 4.12. The number of benzene rings is 2. The summed E-state index contributed by atoms with van der Waals surface area (Å²) in [5, 5.41) is 20.4. The normalized spacial score (nSPS) is 19.5. The molecule has 1 unspecified atom stereocenters. The van der Waals surface area contributed by atoms with Gasteiger partial charge in [-0.1, -0.05) is 24.3 Å². The lowest BCUT2D eigenvalue weighted by Crippen LogP contribution is -2.39. The van der Waals surface area contributed by atoms with Gasteiger partial charge >= 0.3 is 0 Å². The Hall–Kier alpha value is -2.49. The second-order valence-corrected chi connectivity index (χ2v) is 6.67. The Morgan fingerprint density at radius 3 is 2.67 bits per heavy atom. The van der Waals surface area contributed by atoms with Gasteiger partial charge in [0.25, 0.3) is 0 Å². The molecule has 1 atom stereocenters. The van der Waals surface area contributed by atoms with Gasteiger partial charge in [-0.3, -0.25) is 4.79 Å². The lowest BCUT2D eigenvalue weighted by Gasteiger charge is -2.34. The van der Waals surface area contributed by atoms with Crippen LogP contribution in [0.15, 0.2) is 36.4 Å². The minimum Gasteiger partial charge on any atom is -0.508 e. The van der Waals surface area contributed by atoms with Crippen LogP contribution in [0, 0.1) is 0 Å². The third-order valence-corrected chi connectivity index (χ3v) is 5.24. The molecule has 2 N–H and O–H groups in total. The van der Waals surface area contributed by atoms with Crippen LogP contribution in [-0.4, -0.2) is 22.7 Å². The van der Waals surface area contributed by atoms with Gasteiger partial charge in [0, 0.05) is 6.54 Å². The van der Waals surface area contributed by atoms with Crippen molar-refractivity contribution in [3.8, 4) is 11.5 Å². The predicted octanol–water partition coefficient (Wildman–Crippen LogP) is 3.50. The number of carbonyl (C=O) groups is 1. The van der Waals surface area contributed by atoms with Crippen molar-refractivity contribution in [2.45, 2.75) is 38.0 Å². The number of fused-ring (bicyclic) bond motifs is 2. The molecule has 4 rings (SSSR count). The topological polar surface area (TPSA) is 60.8 Å². The van der Waals surface area contributed by atoms with Gasteiger partial charge in [0.2, 0.25) is 5.91 Å². The number of carbonyl (C=O) groups excluding carboxylic acids is 1. The summed E-state index contributed by atoms with van der Waals surface area (Å²) in [4.78, 5) is 15.0. The summed E-state index contributed by atoms with van der Waals surface area (Å²) in [5.41, 5.74) is 3.54. The standard InChI is InChI=1S/C20H21NO3/c22-17-10-3-7-14-15(17)8-2-9-16(14)20(24)21-12-4-6-13-5-1-11-18(23)19(13)21/h1,3,5,7,10-11,16,22-23H,2,4,6,8-9,12H2. The number of aromatic hydroxyl groups is 2. The molecule has 0 saturated carbocycles. The van der Waals surface area contributed by atoms with Crippen LogP contribution < -0.4 is 4.90 Å². The van der Waals surface area contributed by atoms with E-state index in [-0.39, 0.29) is 23.3 Å². The Morgan fingerprint density at radius 1 is 1.00 bits per heavy atom. The summed E-state index contributed by atoms with van der Waals surface area (Å²) in [6.07, 6.45) is 4.28. The molecular weight excluding hydrogens is 302 g/mol. The predicted molar refractivity (Wildman–Crippen MR) is 92.6 cm³/mol. The molecule has 0 radical (unpaired) electrons. The molecule has 4 heteroatoms. The SMILES string of the molecule is O=C(C1CCCc2c(O)cccc21)N1CCCc2cccc(O)c21. The Morgan fingerprint density at radius 2 is 1.79 bits per heavy atom. The van der Waals surface area contributed by atoms with Crippen molar-refractivity contribution in [1.82, 2.24) is 0 Å². The van der Waals surface area contributed by atoms with E-state index in [0.29, 0.717) is 12.2 Å². The van der Waals surface area contributed by atoms with Crippen LogP contribution in [0.2, 0.25) is 0 Å². The maximum atomic E-state index is 13.3. The van der Waals surface area contributed by atoms with E-state index in [1.54, 1.807) is 23.1 Å². The van der Waals surface area contributed by atoms with Crippen molar-refractivity contribution in [1.29, 1.82) is 0 Å². The molecule has 0 spiro atoms. The average molecular weight is 323 g/mol. The van der Waals surface area contributed by atoms with Crippen LogP contribution in [0.3, 0.4) is 0 Å². The fourth-order valence-electron chi connectivity index (χ4n) is 4.12. The Kier molecular flexibility index (Phi) is 3.68. The molecule has 0 aromatic heterocycles. The van der Waals surface area contributed by atoms with Crippen LogP contribution in [0.4, 0.5) is 5.69 Å². The van der Waals surface area contributed by atoms with E-state index in [2.05, 4.69) is 0 Å². The highest BCUT2D eigenvalue weighted by Crippen LogP contribution is 2.41. The zero-order chi connectivity index (χ0) is 16.7. The van der Waals surface area contributed by atoms with Crippen LogP contribution >= 0.6 is 0 Å². The number of anilines is 1. The highest BCUT2D eigenvalue weighted by Gasteiger charge is 2.34. The number of amides is 1. The van der Waals surface area contributed by atoms with Crippen molar-refractivity contribution >= 4 is 11.6 Å². The van der Waals surface area contributed by atoms with Gasteiger partial charge in [-0.05, 0) is 60.9 Å². The lowest BCUT2D eigenvalue weighted by molar-refractivity contribution is -0.120. The van der Waals surface area contributed by atoms with Crippen LogP contribution in [0.5, 0.6) is 11.5 Å². The summed E-state index contributed by atoms with van der Waals surface area (Å²) in [6.45, 7) is 0.633. The largest absolute Gasteiger partial charge is 0.508 e. The number of para-hydroxylation sites is 1. The van der Waals surface area contributed by atoms with Crippen molar-refractivity contribution in [3.05, 3.63) is 53.1 Å². The monoisotopic (exact) mass is 323 g/mol. The third-order valence-electron chi connectivity index (χ3n) is 5.24. The van der Waals surface area contributed by atoms with E-state index in [1.807, 2.05) is 18.2 Å². The van der Waals surface area contributed by atoms with E-state index in [1.165, 1.54) is 0 Å². The first-order valence-electron chi connectivity index (χ1n) is 8.60. The van der Waals surface area contributed by atoms with Crippen molar-refractivity contribution in [2.24, 2.45) is 0 Å². The second kappa shape index (κ2) is 5.86.